The van der Waals surface area contributed by atoms with Crippen LogP contribution < -0.4 is 9.64 Å². The largest absolute Gasteiger partial charge is 0.439 e. The predicted molar refractivity (Wildman–Crippen MR) is 239 cm³/mol. The molecule has 3 heteroatoms. The summed E-state index contributed by atoms with van der Waals surface area (Å²) in [4.78, 5) is 2.40. The van der Waals surface area contributed by atoms with Gasteiger partial charge in [-0.3, -0.25) is 5.41 Å². The van der Waals surface area contributed by atoms with E-state index in [0.717, 1.165) is 62.8 Å². The summed E-state index contributed by atoms with van der Waals surface area (Å²) in [5.74, 6) is -0.992. The molecule has 0 saturated heterocycles. The van der Waals surface area contributed by atoms with Gasteiger partial charge in [0.25, 0.3) is 0 Å². The van der Waals surface area contributed by atoms with Crippen molar-refractivity contribution in [2.45, 2.75) is 32.7 Å². The SMILES string of the molecule is [2H]c1cc(OC(=N)c2c([2H])c([2H])c([2H])c([2H])c2[2H])c([2H])c(-c2ccc3c(c2)C(C)=C(c2ccc(-c4ccc(N(c5ccc(-c6ccccc6)cc5)C5C=CC=CC5)cc4)cc2C)C3)c1[2H]. The molecule has 7 aromatic carbocycles. The molecule has 0 amide bonds. The highest BCUT2D eigenvalue weighted by atomic mass is 16.5. The molecule has 7 aromatic rings. The molecule has 2 aliphatic carbocycles. The molecule has 0 spiro atoms. The van der Waals surface area contributed by atoms with Crippen molar-refractivity contribution in [1.82, 2.24) is 0 Å². The van der Waals surface area contributed by atoms with Crippen molar-refractivity contribution in [2.24, 2.45) is 0 Å². The second-order valence-electron chi connectivity index (χ2n) is 14.3. The maximum Gasteiger partial charge on any atom is 0.219 e. The van der Waals surface area contributed by atoms with Gasteiger partial charge in [0, 0.05) is 16.9 Å². The molecule has 0 bridgehead atoms. The molecule has 2 aliphatic rings. The van der Waals surface area contributed by atoms with E-state index in [1.165, 1.54) is 16.7 Å². The molecule has 0 heterocycles. The van der Waals surface area contributed by atoms with E-state index in [1.54, 1.807) is 0 Å². The Morgan fingerprint density at radius 2 is 1.32 bits per heavy atom. The molecular weight excluding hydrogens is 693 g/mol. The number of aryl methyl sites for hydroxylation is 1. The fourth-order valence-electron chi connectivity index (χ4n) is 7.84. The number of nitrogens with zero attached hydrogens (tertiary/aromatic N) is 1. The molecule has 3 nitrogen and oxygen atoms in total. The first-order chi connectivity index (χ1) is 31.3. The summed E-state index contributed by atoms with van der Waals surface area (Å²) in [6.07, 6.45) is 10.3. The lowest BCUT2D eigenvalue weighted by Crippen LogP contribution is -2.29. The summed E-state index contributed by atoms with van der Waals surface area (Å²) < 4.78 is 72.4. The lowest BCUT2D eigenvalue weighted by atomic mass is 9.93. The van der Waals surface area contributed by atoms with E-state index < -0.39 is 41.7 Å². The van der Waals surface area contributed by atoms with Crippen LogP contribution in [-0.4, -0.2) is 11.9 Å². The molecule has 276 valence electrons. The van der Waals surface area contributed by atoms with Gasteiger partial charge >= 0.3 is 0 Å². The van der Waals surface area contributed by atoms with Crippen LogP contribution in [0.2, 0.25) is 0 Å². The van der Waals surface area contributed by atoms with Crippen LogP contribution in [0.25, 0.3) is 44.5 Å². The van der Waals surface area contributed by atoms with Crippen LogP contribution in [0.4, 0.5) is 11.4 Å². The first-order valence-electron chi connectivity index (χ1n) is 23.1. The molecule has 0 saturated carbocycles. The maximum atomic E-state index is 9.05. The normalized spacial score (nSPS) is 16.4. The van der Waals surface area contributed by atoms with Gasteiger partial charge in [0.1, 0.15) is 5.75 Å². The zero-order valence-corrected chi connectivity index (χ0v) is 31.7. The summed E-state index contributed by atoms with van der Waals surface area (Å²) in [5.41, 5.74) is 13.7. The number of benzene rings is 7. The van der Waals surface area contributed by atoms with Gasteiger partial charge in [-0.25, -0.2) is 0 Å². The van der Waals surface area contributed by atoms with Gasteiger partial charge in [0.05, 0.1) is 17.0 Å². The van der Waals surface area contributed by atoms with Gasteiger partial charge in [0.15, 0.2) is 0 Å². The van der Waals surface area contributed by atoms with Gasteiger partial charge in [-0.15, -0.1) is 0 Å². The Morgan fingerprint density at radius 3 is 2.02 bits per heavy atom. The summed E-state index contributed by atoms with van der Waals surface area (Å²) in [6, 6.07) is 37.9. The van der Waals surface area contributed by atoms with E-state index in [-0.39, 0.29) is 35.5 Å². The van der Waals surface area contributed by atoms with Crippen LogP contribution in [0.1, 0.15) is 52.1 Å². The van der Waals surface area contributed by atoms with E-state index in [0.29, 0.717) is 12.0 Å². The van der Waals surface area contributed by atoms with Crippen molar-refractivity contribution in [3.63, 3.8) is 0 Å². The second kappa shape index (κ2) is 15.6. The number of hydrogen-bond acceptors (Lipinski definition) is 3. The van der Waals surface area contributed by atoms with Crippen LogP contribution >= 0.6 is 0 Å². The highest BCUT2D eigenvalue weighted by molar-refractivity contribution is 5.98. The van der Waals surface area contributed by atoms with Gasteiger partial charge in [-0.2, -0.15) is 0 Å². The Morgan fingerprint density at radius 1 is 0.649 bits per heavy atom. The lowest BCUT2D eigenvalue weighted by Gasteiger charge is -2.33. The number of hydrogen-bond donors (Lipinski definition) is 1. The summed E-state index contributed by atoms with van der Waals surface area (Å²) >= 11 is 0. The molecule has 0 radical (unpaired) electrons. The summed E-state index contributed by atoms with van der Waals surface area (Å²) in [5, 5.41) is 8.54. The zero-order valence-electron chi connectivity index (χ0n) is 39.7. The number of ether oxygens (including phenoxy) is 1. The molecule has 0 aromatic heterocycles. The van der Waals surface area contributed by atoms with Crippen LogP contribution in [0.15, 0.2) is 194 Å². The molecule has 1 N–H and O–H groups in total. The molecular formula is C54H44N2O. The Balaban J connectivity index is 0.975. The predicted octanol–water partition coefficient (Wildman–Crippen LogP) is 13.9. The fraction of sp³-hybridized carbons (Fsp3) is 0.0926. The first kappa shape index (κ1) is 27.6. The molecule has 0 fully saturated rings. The van der Waals surface area contributed by atoms with Crippen molar-refractivity contribution < 1.29 is 15.7 Å². The number of anilines is 2. The van der Waals surface area contributed by atoms with E-state index in [4.69, 9.17) is 21.1 Å². The molecule has 1 atom stereocenters. The van der Waals surface area contributed by atoms with E-state index in [9.17, 15) is 0 Å². The minimum Gasteiger partial charge on any atom is -0.439 e. The number of fused-ring (bicyclic) bond motifs is 1. The van der Waals surface area contributed by atoms with E-state index in [2.05, 4.69) is 134 Å². The lowest BCUT2D eigenvalue weighted by molar-refractivity contribution is 0.548. The second-order valence-corrected chi connectivity index (χ2v) is 14.3. The third-order valence-corrected chi connectivity index (χ3v) is 10.8. The molecule has 0 aliphatic heterocycles. The third-order valence-electron chi connectivity index (χ3n) is 10.8. The first-order valence-corrected chi connectivity index (χ1v) is 19.1. The smallest absolute Gasteiger partial charge is 0.219 e. The van der Waals surface area contributed by atoms with Gasteiger partial charge in [-0.1, -0.05) is 139 Å². The molecule has 9 rings (SSSR count). The fourth-order valence-corrected chi connectivity index (χ4v) is 7.84. The number of allylic oxidation sites excluding steroid dienone is 4. The minimum absolute atomic E-state index is 0.132. The van der Waals surface area contributed by atoms with Crippen molar-refractivity contribution in [2.75, 3.05) is 4.90 Å². The van der Waals surface area contributed by atoms with Crippen molar-refractivity contribution >= 4 is 28.4 Å². The Hall–Kier alpha value is -6.97. The van der Waals surface area contributed by atoms with Crippen molar-refractivity contribution in [1.29, 1.82) is 5.41 Å². The standard InChI is InChI=1S/C54H44N2O/c1-37-33-44(41-25-30-49(31-26-41)56(47-18-10-5-11-19-47)48-28-23-40(24-29-48)39-13-6-3-7-14-39)27-32-51(37)53-36-46-22-21-45(35-52(46)38(53)2)43-17-12-20-50(34-43)57-54(55)42-15-8-4-9-16-42/h3-18,20-35,47,55H,19,36H2,1-2H3/i4D,8D,9D,12D,15D,16D,17D,34D. The molecule has 1 unspecified atom stereocenters. The van der Waals surface area contributed by atoms with Gasteiger partial charge < -0.3 is 9.64 Å². The average molecular weight is 745 g/mol. The van der Waals surface area contributed by atoms with Crippen LogP contribution in [0, 0.1) is 12.3 Å². The van der Waals surface area contributed by atoms with Crippen molar-refractivity contribution in [3.05, 3.63) is 222 Å². The monoisotopic (exact) mass is 744 g/mol. The Labute approximate surface area is 347 Å². The van der Waals surface area contributed by atoms with Crippen molar-refractivity contribution in [3.8, 4) is 39.1 Å². The third kappa shape index (κ3) is 7.40. The van der Waals surface area contributed by atoms with Crippen LogP contribution in [0.3, 0.4) is 0 Å². The average Bonchev–Trinajstić information content (AvgIpc) is 3.65. The van der Waals surface area contributed by atoms with Crippen LogP contribution in [-0.2, 0) is 6.42 Å². The zero-order chi connectivity index (χ0) is 45.7. The van der Waals surface area contributed by atoms with E-state index >= 15 is 0 Å². The van der Waals surface area contributed by atoms with Gasteiger partial charge in [0.2, 0.25) is 5.90 Å². The Bertz CT molecular complexity index is 3110. The topological polar surface area (TPSA) is 36.3 Å². The number of nitrogens with one attached hydrogen (secondary N) is 1. The maximum absolute atomic E-state index is 9.05. The highest BCUT2D eigenvalue weighted by Gasteiger charge is 2.23. The molecule has 57 heavy (non-hydrogen) atoms. The minimum atomic E-state index is -0.757. The van der Waals surface area contributed by atoms with Gasteiger partial charge in [-0.05, 0) is 148 Å². The van der Waals surface area contributed by atoms with E-state index in [1.807, 2.05) is 24.3 Å². The summed E-state index contributed by atoms with van der Waals surface area (Å²) in [6.45, 7) is 4.21. The highest BCUT2D eigenvalue weighted by Crippen LogP contribution is 2.42. The summed E-state index contributed by atoms with van der Waals surface area (Å²) in [7, 11) is 0. The Kier molecular flexibility index (Phi) is 7.57. The number of rotatable bonds is 9. The van der Waals surface area contributed by atoms with Crippen LogP contribution in [0.5, 0.6) is 5.75 Å². The quantitative estimate of drug-likeness (QED) is 0.118.